The lowest BCUT2D eigenvalue weighted by molar-refractivity contribution is -0.141. The fraction of sp³-hybridized carbons (Fsp3) is 0.393. The Morgan fingerprint density at radius 1 is 1.08 bits per heavy atom. The quantitative estimate of drug-likeness (QED) is 0.204. The number of allylic oxidation sites excluding steroid dienone is 6. The van der Waals surface area contributed by atoms with Crippen molar-refractivity contribution in [1.82, 2.24) is 4.90 Å². The summed E-state index contributed by atoms with van der Waals surface area (Å²) in [6.45, 7) is 0.213. The molecule has 38 heavy (non-hydrogen) atoms. The molecule has 10 heteroatoms. The van der Waals surface area contributed by atoms with Crippen LogP contribution in [-0.2, 0) is 24.0 Å². The number of ketones is 2. The molecule has 0 saturated carbocycles. The highest BCUT2D eigenvalue weighted by molar-refractivity contribution is 9.12. The Bertz CT molecular complexity index is 1380. The Kier molecular flexibility index (Phi) is 7.17. The molecule has 5 rings (SSSR count). The number of carbonyl (C=O) groups is 5. The number of hydrogen-bond acceptors (Lipinski definition) is 6. The number of carbonyl (C=O) groups excluding carboxylic acids is 4. The summed E-state index contributed by atoms with van der Waals surface area (Å²) in [6.07, 6.45) is 5.15. The number of benzene rings is 1. The minimum atomic E-state index is -0.883. The monoisotopic (exact) mass is 601 g/mol. The fourth-order valence-corrected chi connectivity index (χ4v) is 6.95. The second-order valence-corrected chi connectivity index (χ2v) is 11.4. The van der Waals surface area contributed by atoms with E-state index in [-0.39, 0.29) is 64.1 Å². The number of phenolic OH excluding ortho intramolecular Hbond substituents is 1. The molecule has 8 nitrogen and oxygen atoms in total. The molecule has 0 radical (unpaired) electrons. The summed E-state index contributed by atoms with van der Waals surface area (Å²) in [6, 6.07) is 4.53. The summed E-state index contributed by atoms with van der Waals surface area (Å²) >= 11 is 9.45. The predicted octanol–water partition coefficient (Wildman–Crippen LogP) is 4.45. The zero-order valence-corrected chi connectivity index (χ0v) is 22.6. The number of aromatic hydroxyl groups is 1. The van der Waals surface area contributed by atoms with Gasteiger partial charge in [0.15, 0.2) is 11.6 Å². The number of nitrogens with zero attached hydrogens (tertiary/aromatic N) is 1. The standard InChI is InChI=1S/C28H25BrClNO7/c29-19-12-21(33)25-18(26(19)36)11-16-14(23(25)17-10-13(30)5-8-20(17)32)6-7-15-24(16)28(38)31(27(15)37)9-3-1-2-4-22(34)35/h5-6,8,10,12,15-16,23-24,32H,1-4,7,9,11H2,(H,34,35). The third-order valence-corrected chi connectivity index (χ3v) is 8.82. The molecule has 3 aliphatic carbocycles. The van der Waals surface area contributed by atoms with E-state index in [0.717, 1.165) is 5.57 Å². The summed E-state index contributed by atoms with van der Waals surface area (Å²) in [5.41, 5.74) is 1.66. The Labute approximate surface area is 232 Å². The molecule has 0 aromatic heterocycles. The molecule has 1 aromatic rings. The van der Waals surface area contributed by atoms with Crippen LogP contribution in [0.15, 0.2) is 51.6 Å². The first kappa shape index (κ1) is 26.6. The van der Waals surface area contributed by atoms with E-state index in [1.54, 1.807) is 6.07 Å². The van der Waals surface area contributed by atoms with Gasteiger partial charge in [-0.3, -0.25) is 28.9 Å². The minimum absolute atomic E-state index is 0.0361. The number of carboxylic acids is 1. The van der Waals surface area contributed by atoms with Crippen molar-refractivity contribution in [1.29, 1.82) is 0 Å². The van der Waals surface area contributed by atoms with Gasteiger partial charge in [0, 0.05) is 46.7 Å². The van der Waals surface area contributed by atoms with E-state index >= 15 is 0 Å². The molecule has 1 heterocycles. The summed E-state index contributed by atoms with van der Waals surface area (Å²) in [4.78, 5) is 65.4. The Morgan fingerprint density at radius 3 is 2.58 bits per heavy atom. The second kappa shape index (κ2) is 10.3. The number of phenols is 1. The number of hydrogen-bond donors (Lipinski definition) is 2. The van der Waals surface area contributed by atoms with Crippen molar-refractivity contribution in [3.63, 3.8) is 0 Å². The molecule has 198 valence electrons. The maximum Gasteiger partial charge on any atom is 0.303 e. The van der Waals surface area contributed by atoms with E-state index in [2.05, 4.69) is 15.9 Å². The van der Waals surface area contributed by atoms with Gasteiger partial charge in [-0.15, -0.1) is 0 Å². The van der Waals surface area contributed by atoms with Crippen molar-refractivity contribution in [3.8, 4) is 5.75 Å². The van der Waals surface area contributed by atoms with Gasteiger partial charge in [0.1, 0.15) is 5.75 Å². The largest absolute Gasteiger partial charge is 0.508 e. The van der Waals surface area contributed by atoms with Crippen LogP contribution in [0.5, 0.6) is 5.75 Å². The van der Waals surface area contributed by atoms with E-state index in [0.29, 0.717) is 36.3 Å². The Balaban J connectivity index is 1.51. The lowest BCUT2D eigenvalue weighted by atomic mass is 9.59. The Morgan fingerprint density at radius 2 is 1.84 bits per heavy atom. The molecule has 2 amide bonds. The molecular weight excluding hydrogens is 578 g/mol. The normalized spacial score (nSPS) is 26.6. The average Bonchev–Trinajstić information content (AvgIpc) is 3.12. The molecule has 4 aliphatic rings. The van der Waals surface area contributed by atoms with Gasteiger partial charge in [0.05, 0.1) is 16.3 Å². The van der Waals surface area contributed by atoms with Crippen LogP contribution in [-0.4, -0.2) is 51.0 Å². The smallest absolute Gasteiger partial charge is 0.303 e. The number of rotatable bonds is 7. The molecule has 2 N–H and O–H groups in total. The van der Waals surface area contributed by atoms with Crippen LogP contribution in [0.4, 0.5) is 0 Å². The molecule has 4 atom stereocenters. The van der Waals surface area contributed by atoms with Crippen LogP contribution in [0, 0.1) is 17.8 Å². The maximum absolute atomic E-state index is 13.6. The number of aliphatic carboxylic acids is 1. The third-order valence-electron chi connectivity index (χ3n) is 8.00. The van der Waals surface area contributed by atoms with Crippen molar-refractivity contribution in [2.75, 3.05) is 6.54 Å². The van der Waals surface area contributed by atoms with E-state index in [1.165, 1.54) is 23.1 Å². The lowest BCUT2D eigenvalue weighted by Gasteiger charge is -2.42. The zero-order valence-electron chi connectivity index (χ0n) is 20.3. The van der Waals surface area contributed by atoms with E-state index < -0.39 is 29.6 Å². The molecule has 1 aliphatic heterocycles. The van der Waals surface area contributed by atoms with Gasteiger partial charge in [-0.2, -0.15) is 0 Å². The number of likely N-dealkylation sites (tertiary alicyclic amines) is 1. The first-order valence-electron chi connectivity index (χ1n) is 12.5. The van der Waals surface area contributed by atoms with Crippen LogP contribution >= 0.6 is 27.5 Å². The number of Topliss-reactive ketones (excluding diaryl/α,β-unsaturated/α-hetero) is 1. The number of amides is 2. The van der Waals surface area contributed by atoms with Gasteiger partial charge in [0.2, 0.25) is 11.8 Å². The van der Waals surface area contributed by atoms with Crippen LogP contribution in [0.1, 0.15) is 50.0 Å². The summed E-state index contributed by atoms with van der Waals surface area (Å²) in [5, 5.41) is 20.0. The first-order valence-corrected chi connectivity index (χ1v) is 13.7. The maximum atomic E-state index is 13.6. The van der Waals surface area contributed by atoms with Gasteiger partial charge >= 0.3 is 5.97 Å². The van der Waals surface area contributed by atoms with Crippen molar-refractivity contribution in [2.24, 2.45) is 17.8 Å². The average molecular weight is 603 g/mol. The third kappa shape index (κ3) is 4.45. The zero-order chi connectivity index (χ0) is 27.3. The molecular formula is C28H25BrClNO7. The van der Waals surface area contributed by atoms with Crippen LogP contribution in [0.3, 0.4) is 0 Å². The van der Waals surface area contributed by atoms with Gasteiger partial charge in [-0.25, -0.2) is 0 Å². The topological polar surface area (TPSA) is 129 Å². The molecule has 1 aromatic carbocycles. The van der Waals surface area contributed by atoms with E-state index in [1.807, 2.05) is 6.08 Å². The van der Waals surface area contributed by atoms with Gasteiger partial charge in [-0.1, -0.05) is 29.7 Å². The predicted molar refractivity (Wildman–Crippen MR) is 141 cm³/mol. The lowest BCUT2D eigenvalue weighted by Crippen LogP contribution is -2.39. The molecule has 0 spiro atoms. The SMILES string of the molecule is O=C(O)CCCCCN1C(=O)C2CC=C3C(c4cc(Cl)ccc4O)C4=C(CC3C2C1=O)C(=O)C(Br)=CC4=O. The highest BCUT2D eigenvalue weighted by Crippen LogP contribution is 2.56. The van der Waals surface area contributed by atoms with E-state index in [4.69, 9.17) is 16.7 Å². The summed E-state index contributed by atoms with van der Waals surface area (Å²) in [5.74, 6) is -4.77. The first-order chi connectivity index (χ1) is 18.1. The Hall–Kier alpha value is -3.04. The van der Waals surface area contributed by atoms with Crippen molar-refractivity contribution < 1.29 is 34.2 Å². The molecule has 0 bridgehead atoms. The van der Waals surface area contributed by atoms with Crippen molar-refractivity contribution in [2.45, 2.75) is 44.4 Å². The number of fused-ring (bicyclic) bond motifs is 3. The van der Waals surface area contributed by atoms with Gasteiger partial charge in [0.25, 0.3) is 0 Å². The van der Waals surface area contributed by atoms with Crippen molar-refractivity contribution >= 4 is 56.9 Å². The summed E-state index contributed by atoms with van der Waals surface area (Å²) < 4.78 is 0.131. The van der Waals surface area contributed by atoms with Crippen molar-refractivity contribution in [3.05, 3.63) is 62.1 Å². The number of carboxylic acid groups (broad SMARTS) is 1. The second-order valence-electron chi connectivity index (χ2n) is 10.1. The van der Waals surface area contributed by atoms with Crippen LogP contribution in [0.25, 0.3) is 0 Å². The number of imide groups is 1. The van der Waals surface area contributed by atoms with Gasteiger partial charge < -0.3 is 10.2 Å². The minimum Gasteiger partial charge on any atom is -0.508 e. The number of unbranched alkanes of at least 4 members (excludes halogenated alkanes) is 2. The van der Waals surface area contributed by atoms with Crippen LogP contribution in [0.2, 0.25) is 5.02 Å². The van der Waals surface area contributed by atoms with E-state index in [9.17, 15) is 29.1 Å². The molecule has 1 fully saturated rings. The highest BCUT2D eigenvalue weighted by atomic mass is 79.9. The fourth-order valence-electron chi connectivity index (χ4n) is 6.33. The van der Waals surface area contributed by atoms with Crippen LogP contribution < -0.4 is 0 Å². The summed E-state index contributed by atoms with van der Waals surface area (Å²) in [7, 11) is 0. The molecule has 4 unspecified atom stereocenters. The highest BCUT2D eigenvalue weighted by Gasteiger charge is 2.56. The molecule has 1 saturated heterocycles. The van der Waals surface area contributed by atoms with Gasteiger partial charge in [-0.05, 0) is 65.7 Å². The number of halogens is 2.